The number of anilines is 1. The van der Waals surface area contributed by atoms with Gasteiger partial charge in [-0.25, -0.2) is 4.39 Å². The van der Waals surface area contributed by atoms with E-state index in [1.807, 2.05) is 0 Å². The van der Waals surface area contributed by atoms with Gasteiger partial charge in [0.25, 0.3) is 0 Å². The molecule has 0 heterocycles. The Hall–Kier alpha value is -1.29. The summed E-state index contributed by atoms with van der Waals surface area (Å²) in [7, 11) is 1.43. The van der Waals surface area contributed by atoms with Gasteiger partial charge in [0.2, 0.25) is 0 Å². The molecule has 0 unspecified atom stereocenters. The highest BCUT2D eigenvalue weighted by Gasteiger charge is 2.33. The molecule has 88 valence electrons. The van der Waals surface area contributed by atoms with Crippen LogP contribution in [0.3, 0.4) is 0 Å². The Bertz CT molecular complexity index is 377. The maximum Gasteiger partial charge on any atom is 0.165 e. The lowest BCUT2D eigenvalue weighted by molar-refractivity contribution is -0.0202. The van der Waals surface area contributed by atoms with Crippen molar-refractivity contribution in [3.05, 3.63) is 24.0 Å². The van der Waals surface area contributed by atoms with Gasteiger partial charge in [0.1, 0.15) is 0 Å². The van der Waals surface area contributed by atoms with E-state index < -0.39 is 5.60 Å². The Morgan fingerprint density at radius 2 is 2.25 bits per heavy atom. The van der Waals surface area contributed by atoms with Crippen LogP contribution in [0.1, 0.15) is 19.3 Å². The highest BCUT2D eigenvalue weighted by atomic mass is 19.1. The zero-order chi connectivity index (χ0) is 11.6. The molecule has 2 N–H and O–H groups in total. The average Bonchev–Trinajstić information content (AvgIpc) is 2.25. The largest absolute Gasteiger partial charge is 0.494 e. The molecule has 2 rings (SSSR count). The molecule has 1 fully saturated rings. The van der Waals surface area contributed by atoms with Crippen molar-refractivity contribution in [2.45, 2.75) is 24.9 Å². The summed E-state index contributed by atoms with van der Waals surface area (Å²) >= 11 is 0. The summed E-state index contributed by atoms with van der Waals surface area (Å²) in [6, 6.07) is 4.59. The molecule has 1 aromatic carbocycles. The first-order valence-electron chi connectivity index (χ1n) is 5.43. The van der Waals surface area contributed by atoms with Gasteiger partial charge in [-0.2, -0.15) is 0 Å². The maximum atomic E-state index is 13.1. The average molecular weight is 225 g/mol. The van der Waals surface area contributed by atoms with E-state index in [2.05, 4.69) is 5.32 Å². The second-order valence-electron chi connectivity index (χ2n) is 4.28. The van der Waals surface area contributed by atoms with Gasteiger partial charge in [-0.15, -0.1) is 0 Å². The van der Waals surface area contributed by atoms with Crippen LogP contribution in [0, 0.1) is 5.82 Å². The predicted molar refractivity (Wildman–Crippen MR) is 60.2 cm³/mol. The van der Waals surface area contributed by atoms with Gasteiger partial charge >= 0.3 is 0 Å². The van der Waals surface area contributed by atoms with Crippen LogP contribution in [0.2, 0.25) is 0 Å². The van der Waals surface area contributed by atoms with Crippen LogP contribution in [-0.2, 0) is 0 Å². The zero-order valence-corrected chi connectivity index (χ0v) is 9.29. The van der Waals surface area contributed by atoms with Crippen molar-refractivity contribution in [3.63, 3.8) is 0 Å². The molecule has 0 aliphatic heterocycles. The molecule has 1 saturated carbocycles. The number of ether oxygens (including phenoxy) is 1. The molecule has 0 atom stereocenters. The fourth-order valence-electron chi connectivity index (χ4n) is 1.80. The van der Waals surface area contributed by atoms with Crippen LogP contribution >= 0.6 is 0 Å². The quantitative estimate of drug-likeness (QED) is 0.825. The van der Waals surface area contributed by atoms with Crippen LogP contribution in [-0.4, -0.2) is 24.4 Å². The van der Waals surface area contributed by atoms with Gasteiger partial charge < -0.3 is 15.2 Å². The van der Waals surface area contributed by atoms with Crippen molar-refractivity contribution in [2.24, 2.45) is 0 Å². The minimum atomic E-state index is -0.582. The summed E-state index contributed by atoms with van der Waals surface area (Å²) < 4.78 is 18.0. The normalized spacial score (nSPS) is 17.7. The SMILES string of the molecule is COc1cc(NCC2(O)CCC2)ccc1F. The van der Waals surface area contributed by atoms with E-state index in [1.54, 1.807) is 12.1 Å². The van der Waals surface area contributed by atoms with Gasteiger partial charge in [-0.1, -0.05) is 0 Å². The van der Waals surface area contributed by atoms with E-state index in [0.717, 1.165) is 24.9 Å². The number of rotatable bonds is 4. The van der Waals surface area contributed by atoms with Gasteiger partial charge in [-0.3, -0.25) is 0 Å². The monoisotopic (exact) mass is 225 g/mol. The van der Waals surface area contributed by atoms with Crippen molar-refractivity contribution in [1.82, 2.24) is 0 Å². The van der Waals surface area contributed by atoms with E-state index in [-0.39, 0.29) is 11.6 Å². The fraction of sp³-hybridized carbons (Fsp3) is 0.500. The third-order valence-electron chi connectivity index (χ3n) is 3.06. The van der Waals surface area contributed by atoms with Crippen molar-refractivity contribution in [2.75, 3.05) is 19.0 Å². The molecule has 0 radical (unpaired) electrons. The van der Waals surface area contributed by atoms with Crippen LogP contribution < -0.4 is 10.1 Å². The van der Waals surface area contributed by atoms with E-state index in [1.165, 1.54) is 13.2 Å². The number of nitrogens with one attached hydrogen (secondary N) is 1. The first kappa shape index (κ1) is 11.2. The molecule has 4 heteroatoms. The second kappa shape index (κ2) is 4.29. The Morgan fingerprint density at radius 3 is 2.81 bits per heavy atom. The van der Waals surface area contributed by atoms with E-state index in [4.69, 9.17) is 4.74 Å². The highest BCUT2D eigenvalue weighted by molar-refractivity contribution is 5.49. The van der Waals surface area contributed by atoms with E-state index in [0.29, 0.717) is 6.54 Å². The van der Waals surface area contributed by atoms with Crippen molar-refractivity contribution >= 4 is 5.69 Å². The third kappa shape index (κ3) is 2.27. The Balaban J connectivity index is 1.98. The molecule has 0 saturated heterocycles. The van der Waals surface area contributed by atoms with Gasteiger partial charge in [-0.05, 0) is 31.4 Å². The molecule has 3 nitrogen and oxygen atoms in total. The number of benzene rings is 1. The lowest BCUT2D eigenvalue weighted by Crippen LogP contribution is -2.43. The van der Waals surface area contributed by atoms with Crippen LogP contribution in [0.5, 0.6) is 5.75 Å². The summed E-state index contributed by atoms with van der Waals surface area (Å²) in [6.07, 6.45) is 2.74. The summed E-state index contributed by atoms with van der Waals surface area (Å²) in [5.41, 5.74) is 0.181. The molecule has 16 heavy (non-hydrogen) atoms. The Labute approximate surface area is 94.2 Å². The van der Waals surface area contributed by atoms with E-state index >= 15 is 0 Å². The fourth-order valence-corrected chi connectivity index (χ4v) is 1.80. The van der Waals surface area contributed by atoms with Crippen LogP contribution in [0.15, 0.2) is 18.2 Å². The third-order valence-corrected chi connectivity index (χ3v) is 3.06. The molecular formula is C12H16FNO2. The van der Waals surface area contributed by atoms with Crippen molar-refractivity contribution in [3.8, 4) is 5.75 Å². The smallest absolute Gasteiger partial charge is 0.165 e. The Kier molecular flexibility index (Phi) is 3.01. The van der Waals surface area contributed by atoms with Gasteiger partial charge in [0.05, 0.1) is 12.7 Å². The van der Waals surface area contributed by atoms with Gasteiger partial charge in [0.15, 0.2) is 11.6 Å². The standard InChI is InChI=1S/C12H16FNO2/c1-16-11-7-9(3-4-10(11)13)14-8-12(15)5-2-6-12/h3-4,7,14-15H,2,5-6,8H2,1H3. The van der Waals surface area contributed by atoms with Crippen molar-refractivity contribution < 1.29 is 14.2 Å². The first-order valence-corrected chi connectivity index (χ1v) is 5.43. The highest BCUT2D eigenvalue weighted by Crippen LogP contribution is 2.32. The minimum absolute atomic E-state index is 0.214. The van der Waals surface area contributed by atoms with Crippen molar-refractivity contribution in [1.29, 1.82) is 0 Å². The molecule has 0 bridgehead atoms. The van der Waals surface area contributed by atoms with Gasteiger partial charge in [0, 0.05) is 18.3 Å². The molecule has 0 spiro atoms. The van der Waals surface area contributed by atoms with Crippen LogP contribution in [0.25, 0.3) is 0 Å². The lowest BCUT2D eigenvalue weighted by atomic mass is 9.80. The molecular weight excluding hydrogens is 209 g/mol. The summed E-state index contributed by atoms with van der Waals surface area (Å²) in [5.74, 6) is -0.166. The molecule has 1 aliphatic carbocycles. The van der Waals surface area contributed by atoms with E-state index in [9.17, 15) is 9.50 Å². The molecule has 0 aromatic heterocycles. The topological polar surface area (TPSA) is 41.5 Å². The zero-order valence-electron chi connectivity index (χ0n) is 9.29. The number of hydrogen-bond acceptors (Lipinski definition) is 3. The number of halogens is 1. The summed E-state index contributed by atoms with van der Waals surface area (Å²) in [6.45, 7) is 0.502. The first-order chi connectivity index (χ1) is 7.63. The Morgan fingerprint density at radius 1 is 1.50 bits per heavy atom. The minimum Gasteiger partial charge on any atom is -0.494 e. The van der Waals surface area contributed by atoms with Crippen LogP contribution in [0.4, 0.5) is 10.1 Å². The lowest BCUT2D eigenvalue weighted by Gasteiger charge is -2.36. The molecule has 1 aromatic rings. The molecule has 1 aliphatic rings. The second-order valence-corrected chi connectivity index (χ2v) is 4.28. The summed E-state index contributed by atoms with van der Waals surface area (Å²) in [5, 5.41) is 13.0. The number of aliphatic hydroxyl groups is 1. The summed E-state index contributed by atoms with van der Waals surface area (Å²) in [4.78, 5) is 0. The predicted octanol–water partition coefficient (Wildman–Crippen LogP) is 2.16. The molecule has 0 amide bonds. The number of hydrogen-bond donors (Lipinski definition) is 2. The number of methoxy groups -OCH3 is 1. The maximum absolute atomic E-state index is 13.1.